The van der Waals surface area contributed by atoms with Crippen LogP contribution in [-0.4, -0.2) is 15.5 Å². The first-order valence-corrected chi connectivity index (χ1v) is 10.1. The first kappa shape index (κ1) is 18.8. The first-order valence-electron chi connectivity index (χ1n) is 8.48. The number of halogens is 1. The van der Waals surface area contributed by atoms with Crippen molar-refractivity contribution in [3.63, 3.8) is 0 Å². The Bertz CT molecular complexity index is 1040. The van der Waals surface area contributed by atoms with Gasteiger partial charge in [0, 0.05) is 21.3 Å². The van der Waals surface area contributed by atoms with Crippen molar-refractivity contribution in [3.05, 3.63) is 49.8 Å². The lowest BCUT2D eigenvalue weighted by Crippen LogP contribution is -2.36. The second kappa shape index (κ2) is 7.32. The fraction of sp³-hybridized carbons (Fsp3) is 0.316. The number of carbonyl (C=O) groups excluding carboxylic acids is 1. The third-order valence-electron chi connectivity index (χ3n) is 4.48. The van der Waals surface area contributed by atoms with Crippen LogP contribution in [0.25, 0.3) is 21.3 Å². The number of carbonyl (C=O) groups is 1. The second-order valence-corrected chi connectivity index (χ2v) is 8.22. The molecule has 2 aromatic heterocycles. The van der Waals surface area contributed by atoms with Crippen molar-refractivity contribution >= 4 is 43.4 Å². The molecule has 0 fully saturated rings. The molecule has 2 N–H and O–H groups in total. The number of nitrogens with two attached hydrogens (primary N) is 1. The molecule has 2 heterocycles. The summed E-state index contributed by atoms with van der Waals surface area (Å²) in [5.74, 6) is 0.0827. The zero-order valence-corrected chi connectivity index (χ0v) is 17.3. The van der Waals surface area contributed by atoms with Gasteiger partial charge in [0.15, 0.2) is 0 Å². The maximum atomic E-state index is 13.4. The van der Waals surface area contributed by atoms with Gasteiger partial charge in [-0.3, -0.25) is 14.2 Å². The molecule has 26 heavy (non-hydrogen) atoms. The molecule has 0 saturated heterocycles. The van der Waals surface area contributed by atoms with Gasteiger partial charge in [0.2, 0.25) is 5.91 Å². The van der Waals surface area contributed by atoms with Crippen LogP contribution >= 0.6 is 27.3 Å². The molecular formula is C19H20BrN3O2S. The predicted molar refractivity (Wildman–Crippen MR) is 110 cm³/mol. The first-order chi connectivity index (χ1) is 12.4. The summed E-state index contributed by atoms with van der Waals surface area (Å²) in [6, 6.07) is 7.15. The van der Waals surface area contributed by atoms with Gasteiger partial charge in [0.1, 0.15) is 16.7 Å². The third-order valence-corrected chi connectivity index (χ3v) is 6.01. The molecule has 0 spiro atoms. The van der Waals surface area contributed by atoms with E-state index in [4.69, 9.17) is 10.7 Å². The molecule has 0 aliphatic carbocycles. The van der Waals surface area contributed by atoms with Crippen LogP contribution in [0.5, 0.6) is 0 Å². The van der Waals surface area contributed by atoms with E-state index in [1.165, 1.54) is 15.9 Å². The maximum absolute atomic E-state index is 13.4. The molecule has 5 nitrogen and oxygen atoms in total. The van der Waals surface area contributed by atoms with Crippen LogP contribution in [0.15, 0.2) is 33.5 Å². The number of fused-ring (bicyclic) bond motifs is 1. The van der Waals surface area contributed by atoms with Crippen LogP contribution in [0.2, 0.25) is 0 Å². The van der Waals surface area contributed by atoms with E-state index in [9.17, 15) is 9.59 Å². The zero-order valence-electron chi connectivity index (χ0n) is 14.9. The number of thiophene rings is 1. The van der Waals surface area contributed by atoms with Gasteiger partial charge in [-0.1, -0.05) is 41.9 Å². The van der Waals surface area contributed by atoms with Crippen LogP contribution < -0.4 is 11.3 Å². The number of rotatable bonds is 5. The van der Waals surface area contributed by atoms with Crippen molar-refractivity contribution in [1.82, 2.24) is 9.55 Å². The largest absolute Gasteiger partial charge is 0.368 e. The number of benzene rings is 1. The van der Waals surface area contributed by atoms with Crippen LogP contribution in [0.3, 0.4) is 0 Å². The molecule has 7 heteroatoms. The van der Waals surface area contributed by atoms with E-state index in [0.29, 0.717) is 28.9 Å². The smallest absolute Gasteiger partial charge is 0.263 e. The van der Waals surface area contributed by atoms with Crippen LogP contribution in [0.4, 0.5) is 0 Å². The quantitative estimate of drug-likeness (QED) is 0.654. The second-order valence-electron chi connectivity index (χ2n) is 6.10. The summed E-state index contributed by atoms with van der Waals surface area (Å²) < 4.78 is 2.46. The van der Waals surface area contributed by atoms with E-state index in [2.05, 4.69) is 15.9 Å². The van der Waals surface area contributed by atoms with E-state index < -0.39 is 11.9 Å². The van der Waals surface area contributed by atoms with E-state index in [1.54, 1.807) is 0 Å². The van der Waals surface area contributed by atoms with Crippen molar-refractivity contribution in [1.29, 1.82) is 0 Å². The number of primary amides is 1. The van der Waals surface area contributed by atoms with Crippen molar-refractivity contribution in [3.8, 4) is 11.1 Å². The number of amides is 1. The highest BCUT2D eigenvalue weighted by molar-refractivity contribution is 9.10. The highest BCUT2D eigenvalue weighted by Crippen LogP contribution is 2.36. The lowest BCUT2D eigenvalue weighted by Gasteiger charge is -2.18. The normalized spacial score (nSPS) is 12.5. The highest BCUT2D eigenvalue weighted by atomic mass is 79.9. The van der Waals surface area contributed by atoms with Crippen molar-refractivity contribution in [2.75, 3.05) is 0 Å². The number of hydrogen-bond acceptors (Lipinski definition) is 4. The monoisotopic (exact) mass is 433 g/mol. The lowest BCUT2D eigenvalue weighted by atomic mass is 10.0. The standard InChI is InChI=1S/C19H20BrN3O2S/c1-4-13(17(21)24)23-14(5-2)22-18-16(19(23)25)15(10(3)26-18)11-6-8-12(20)9-7-11/h6-9,13H,4-5H2,1-3H3,(H2,21,24). The summed E-state index contributed by atoms with van der Waals surface area (Å²) in [7, 11) is 0. The van der Waals surface area contributed by atoms with Crippen molar-refractivity contribution < 1.29 is 4.79 Å². The molecule has 0 aliphatic heterocycles. The summed E-state index contributed by atoms with van der Waals surface area (Å²) in [6.45, 7) is 5.76. The summed E-state index contributed by atoms with van der Waals surface area (Å²) in [4.78, 5) is 31.7. The molecule has 0 bridgehead atoms. The van der Waals surface area contributed by atoms with Crippen LogP contribution in [0.1, 0.15) is 37.0 Å². The van der Waals surface area contributed by atoms with Gasteiger partial charge in [-0.05, 0) is 31.0 Å². The van der Waals surface area contributed by atoms with Gasteiger partial charge in [-0.15, -0.1) is 11.3 Å². The lowest BCUT2D eigenvalue weighted by molar-refractivity contribution is -0.121. The number of aromatic nitrogens is 2. The Hall–Kier alpha value is -1.99. The van der Waals surface area contributed by atoms with Gasteiger partial charge in [0.05, 0.1) is 5.39 Å². The van der Waals surface area contributed by atoms with E-state index in [1.807, 2.05) is 45.0 Å². The minimum absolute atomic E-state index is 0.195. The fourth-order valence-corrected chi connectivity index (χ4v) is 4.58. The summed E-state index contributed by atoms with van der Waals surface area (Å²) in [5, 5.41) is 0.562. The molecule has 136 valence electrons. The molecule has 3 aromatic rings. The number of aryl methyl sites for hydroxylation is 2. The average molecular weight is 434 g/mol. The van der Waals surface area contributed by atoms with E-state index >= 15 is 0 Å². The molecule has 1 aromatic carbocycles. The molecule has 3 rings (SSSR count). The highest BCUT2D eigenvalue weighted by Gasteiger charge is 2.25. The minimum Gasteiger partial charge on any atom is -0.368 e. The van der Waals surface area contributed by atoms with Gasteiger partial charge >= 0.3 is 0 Å². The summed E-state index contributed by atoms with van der Waals surface area (Å²) in [5.41, 5.74) is 7.20. The predicted octanol–water partition coefficient (Wildman–Crippen LogP) is 4.19. The SMILES string of the molecule is CCc1nc2sc(C)c(-c3ccc(Br)cc3)c2c(=O)n1C(CC)C(N)=O. The topological polar surface area (TPSA) is 78.0 Å². The van der Waals surface area contributed by atoms with Gasteiger partial charge in [0.25, 0.3) is 5.56 Å². The van der Waals surface area contributed by atoms with Crippen LogP contribution in [-0.2, 0) is 11.2 Å². The van der Waals surface area contributed by atoms with Crippen molar-refractivity contribution in [2.24, 2.45) is 5.73 Å². The summed E-state index contributed by atoms with van der Waals surface area (Å²) >= 11 is 4.94. The molecule has 1 amide bonds. The Morgan fingerprint density at radius 1 is 1.31 bits per heavy atom. The molecule has 0 radical (unpaired) electrons. The number of hydrogen-bond donors (Lipinski definition) is 1. The van der Waals surface area contributed by atoms with Gasteiger partial charge in [-0.2, -0.15) is 0 Å². The Balaban J connectivity index is 2.39. The Kier molecular flexibility index (Phi) is 5.29. The van der Waals surface area contributed by atoms with Crippen LogP contribution in [0, 0.1) is 6.92 Å². The molecule has 1 unspecified atom stereocenters. The summed E-state index contributed by atoms with van der Waals surface area (Å²) in [6.07, 6.45) is 1.01. The Morgan fingerprint density at radius 3 is 2.50 bits per heavy atom. The number of nitrogens with zero attached hydrogens (tertiary/aromatic N) is 2. The molecule has 0 aliphatic rings. The van der Waals surface area contributed by atoms with E-state index in [-0.39, 0.29) is 5.56 Å². The van der Waals surface area contributed by atoms with Gasteiger partial charge in [-0.25, -0.2) is 4.98 Å². The zero-order chi connectivity index (χ0) is 19.0. The van der Waals surface area contributed by atoms with Gasteiger partial charge < -0.3 is 5.73 Å². The maximum Gasteiger partial charge on any atom is 0.263 e. The Morgan fingerprint density at radius 2 is 1.96 bits per heavy atom. The fourth-order valence-electron chi connectivity index (χ4n) is 3.26. The minimum atomic E-state index is -0.688. The molecular weight excluding hydrogens is 414 g/mol. The molecule has 0 saturated carbocycles. The van der Waals surface area contributed by atoms with E-state index in [0.717, 1.165) is 20.5 Å². The van der Waals surface area contributed by atoms with Crippen molar-refractivity contribution in [2.45, 2.75) is 39.7 Å². The third kappa shape index (κ3) is 3.10. The average Bonchev–Trinajstić information content (AvgIpc) is 2.94. The Labute approximate surface area is 164 Å². The molecule has 1 atom stereocenters.